The van der Waals surface area contributed by atoms with Gasteiger partial charge in [0.05, 0.1) is 12.7 Å². The van der Waals surface area contributed by atoms with Crippen LogP contribution in [0.1, 0.15) is 49.4 Å². The van der Waals surface area contributed by atoms with E-state index in [0.717, 1.165) is 19.3 Å². The Morgan fingerprint density at radius 1 is 1.30 bits per heavy atom. The fraction of sp³-hybridized carbons (Fsp3) is 0.562. The third kappa shape index (κ3) is 3.50. The molecule has 1 aromatic rings. The van der Waals surface area contributed by atoms with Crippen molar-refractivity contribution in [1.82, 2.24) is 5.32 Å². The molecule has 1 aliphatic carbocycles. The maximum atomic E-state index is 13.9. The first-order valence-corrected chi connectivity index (χ1v) is 7.26. The minimum absolute atomic E-state index is 0.0854. The number of halogens is 1. The smallest absolute Gasteiger partial charge is 0.254 e. The van der Waals surface area contributed by atoms with Crippen LogP contribution in [0.25, 0.3) is 0 Å². The Labute approximate surface area is 119 Å². The summed E-state index contributed by atoms with van der Waals surface area (Å²) in [5, 5.41) is 2.98. The van der Waals surface area contributed by atoms with E-state index in [1.54, 1.807) is 6.07 Å². The molecule has 1 amide bonds. The van der Waals surface area contributed by atoms with Crippen LogP contribution in [-0.4, -0.2) is 19.1 Å². The summed E-state index contributed by atoms with van der Waals surface area (Å²) in [6.45, 7) is 2.15. The molecule has 2 unspecified atom stereocenters. The van der Waals surface area contributed by atoms with Crippen LogP contribution >= 0.6 is 0 Å². The zero-order valence-electron chi connectivity index (χ0n) is 12.1. The van der Waals surface area contributed by atoms with E-state index in [1.807, 2.05) is 0 Å². The van der Waals surface area contributed by atoms with Gasteiger partial charge in [0.15, 0.2) is 0 Å². The molecule has 20 heavy (non-hydrogen) atoms. The minimum atomic E-state index is -0.539. The third-order valence-corrected chi connectivity index (χ3v) is 4.10. The van der Waals surface area contributed by atoms with Crippen molar-refractivity contribution in [3.63, 3.8) is 0 Å². The number of rotatable bonds is 3. The normalized spacial score (nSPS) is 22.9. The number of amides is 1. The van der Waals surface area contributed by atoms with Gasteiger partial charge in [0.2, 0.25) is 0 Å². The molecule has 0 bridgehead atoms. The molecule has 0 radical (unpaired) electrons. The number of carbonyl (C=O) groups excluding carboxylic acids is 1. The lowest BCUT2D eigenvalue weighted by Crippen LogP contribution is -2.39. The van der Waals surface area contributed by atoms with Crippen LogP contribution in [-0.2, 0) is 0 Å². The van der Waals surface area contributed by atoms with E-state index in [4.69, 9.17) is 4.74 Å². The topological polar surface area (TPSA) is 38.3 Å². The van der Waals surface area contributed by atoms with Crippen molar-refractivity contribution in [3.05, 3.63) is 29.6 Å². The first-order valence-electron chi connectivity index (χ1n) is 7.26. The second kappa shape index (κ2) is 6.73. The van der Waals surface area contributed by atoms with E-state index in [1.165, 1.54) is 32.1 Å². The van der Waals surface area contributed by atoms with Gasteiger partial charge in [0.1, 0.15) is 11.6 Å². The van der Waals surface area contributed by atoms with Gasteiger partial charge >= 0.3 is 0 Å². The second-order valence-electron chi connectivity index (χ2n) is 5.54. The molecule has 110 valence electrons. The predicted molar refractivity (Wildman–Crippen MR) is 76.5 cm³/mol. The fourth-order valence-corrected chi connectivity index (χ4v) is 2.76. The lowest BCUT2D eigenvalue weighted by atomic mass is 9.96. The Morgan fingerprint density at radius 2 is 2.05 bits per heavy atom. The van der Waals surface area contributed by atoms with Gasteiger partial charge in [-0.25, -0.2) is 4.39 Å². The molecule has 0 saturated heterocycles. The van der Waals surface area contributed by atoms with Gasteiger partial charge in [-0.05, 0) is 30.9 Å². The number of hydrogen-bond acceptors (Lipinski definition) is 2. The quantitative estimate of drug-likeness (QED) is 0.860. The van der Waals surface area contributed by atoms with Crippen molar-refractivity contribution in [1.29, 1.82) is 0 Å². The van der Waals surface area contributed by atoms with E-state index in [0.29, 0.717) is 11.7 Å². The number of benzene rings is 1. The number of ether oxygens (including phenoxy) is 1. The van der Waals surface area contributed by atoms with Crippen LogP contribution in [0, 0.1) is 11.7 Å². The predicted octanol–water partition coefficient (Wildman–Crippen LogP) is 3.53. The molecule has 0 spiro atoms. The molecule has 1 aromatic carbocycles. The van der Waals surface area contributed by atoms with E-state index >= 15 is 0 Å². The largest absolute Gasteiger partial charge is 0.497 e. The number of nitrogens with one attached hydrogen (secondary N) is 1. The molecule has 0 aliphatic heterocycles. The monoisotopic (exact) mass is 279 g/mol. The van der Waals surface area contributed by atoms with Gasteiger partial charge in [0.25, 0.3) is 5.91 Å². The third-order valence-electron chi connectivity index (χ3n) is 4.10. The van der Waals surface area contributed by atoms with E-state index in [2.05, 4.69) is 12.2 Å². The molecule has 0 heterocycles. The summed E-state index contributed by atoms with van der Waals surface area (Å²) in [5.74, 6) is -0.00308. The zero-order chi connectivity index (χ0) is 14.5. The maximum absolute atomic E-state index is 13.9. The Bertz CT molecular complexity index is 476. The SMILES string of the molecule is COc1ccc(C(=O)NC2CCCCCC2C)c(F)c1. The number of methoxy groups -OCH3 is 1. The van der Waals surface area contributed by atoms with Gasteiger partial charge in [-0.1, -0.05) is 26.2 Å². The molecule has 1 aliphatic rings. The van der Waals surface area contributed by atoms with Gasteiger partial charge in [-0.2, -0.15) is 0 Å². The van der Waals surface area contributed by atoms with Crippen molar-refractivity contribution in [2.75, 3.05) is 7.11 Å². The highest BCUT2D eigenvalue weighted by Crippen LogP contribution is 2.24. The van der Waals surface area contributed by atoms with Crippen molar-refractivity contribution in [2.45, 2.75) is 45.1 Å². The Balaban J connectivity index is 2.07. The van der Waals surface area contributed by atoms with Crippen molar-refractivity contribution < 1.29 is 13.9 Å². The molecular weight excluding hydrogens is 257 g/mol. The van der Waals surface area contributed by atoms with E-state index in [-0.39, 0.29) is 17.5 Å². The lowest BCUT2D eigenvalue weighted by molar-refractivity contribution is 0.0917. The molecule has 4 heteroatoms. The minimum Gasteiger partial charge on any atom is -0.497 e. The van der Waals surface area contributed by atoms with Crippen molar-refractivity contribution >= 4 is 5.91 Å². The highest BCUT2D eigenvalue weighted by Gasteiger charge is 2.23. The summed E-state index contributed by atoms with van der Waals surface area (Å²) in [7, 11) is 1.47. The number of carbonyl (C=O) groups is 1. The standard InChI is InChI=1S/C16H22FNO2/c1-11-6-4-3-5-7-15(11)18-16(19)13-9-8-12(20-2)10-14(13)17/h8-11,15H,3-7H2,1-2H3,(H,18,19). The van der Waals surface area contributed by atoms with Gasteiger partial charge in [-0.3, -0.25) is 4.79 Å². The highest BCUT2D eigenvalue weighted by atomic mass is 19.1. The van der Waals surface area contributed by atoms with Crippen LogP contribution in [0.2, 0.25) is 0 Å². The van der Waals surface area contributed by atoms with Crippen LogP contribution in [0.15, 0.2) is 18.2 Å². The average molecular weight is 279 g/mol. The van der Waals surface area contributed by atoms with Crippen LogP contribution < -0.4 is 10.1 Å². The zero-order valence-corrected chi connectivity index (χ0v) is 12.1. The van der Waals surface area contributed by atoms with E-state index < -0.39 is 5.82 Å². The summed E-state index contributed by atoms with van der Waals surface area (Å²) in [4.78, 5) is 12.2. The molecule has 3 nitrogen and oxygen atoms in total. The first kappa shape index (κ1) is 14.8. The molecule has 2 rings (SSSR count). The summed E-state index contributed by atoms with van der Waals surface area (Å²) in [5.41, 5.74) is 0.0854. The van der Waals surface area contributed by atoms with E-state index in [9.17, 15) is 9.18 Å². The summed E-state index contributed by atoms with van der Waals surface area (Å²) in [6.07, 6.45) is 5.65. The van der Waals surface area contributed by atoms with Crippen molar-refractivity contribution in [2.24, 2.45) is 5.92 Å². The average Bonchev–Trinajstić information content (AvgIpc) is 2.64. The lowest BCUT2D eigenvalue weighted by Gasteiger charge is -2.23. The maximum Gasteiger partial charge on any atom is 0.254 e. The second-order valence-corrected chi connectivity index (χ2v) is 5.54. The van der Waals surface area contributed by atoms with Gasteiger partial charge < -0.3 is 10.1 Å². The Morgan fingerprint density at radius 3 is 2.75 bits per heavy atom. The first-order chi connectivity index (χ1) is 9.61. The highest BCUT2D eigenvalue weighted by molar-refractivity contribution is 5.94. The fourth-order valence-electron chi connectivity index (χ4n) is 2.76. The summed E-state index contributed by atoms with van der Waals surface area (Å²) in [6, 6.07) is 4.47. The van der Waals surface area contributed by atoms with Crippen LogP contribution in [0.3, 0.4) is 0 Å². The summed E-state index contributed by atoms with van der Waals surface area (Å²) >= 11 is 0. The molecule has 2 atom stereocenters. The molecule has 1 N–H and O–H groups in total. The molecule has 1 fully saturated rings. The Kier molecular flexibility index (Phi) is 4.99. The summed E-state index contributed by atoms with van der Waals surface area (Å²) < 4.78 is 18.8. The number of hydrogen-bond donors (Lipinski definition) is 1. The molecule has 1 saturated carbocycles. The van der Waals surface area contributed by atoms with Crippen LogP contribution in [0.5, 0.6) is 5.75 Å². The molecular formula is C16H22FNO2. The Hall–Kier alpha value is -1.58. The van der Waals surface area contributed by atoms with Gasteiger partial charge in [-0.15, -0.1) is 0 Å². The van der Waals surface area contributed by atoms with Gasteiger partial charge in [0, 0.05) is 12.1 Å². The van der Waals surface area contributed by atoms with Crippen LogP contribution in [0.4, 0.5) is 4.39 Å². The van der Waals surface area contributed by atoms with Crippen molar-refractivity contribution in [3.8, 4) is 5.75 Å². The molecule has 0 aromatic heterocycles.